The number of aromatic amines is 1. The lowest BCUT2D eigenvalue weighted by atomic mass is 10.0. The van der Waals surface area contributed by atoms with Crippen LogP contribution in [0.3, 0.4) is 0 Å². The van der Waals surface area contributed by atoms with Crippen LogP contribution < -0.4 is 11.1 Å². The Kier molecular flexibility index (Phi) is 4.87. The smallest absolute Gasteiger partial charge is 0.241 e. The summed E-state index contributed by atoms with van der Waals surface area (Å²) in [5.74, 6) is -0.232. The van der Waals surface area contributed by atoms with Gasteiger partial charge in [-0.1, -0.05) is 36.4 Å². The van der Waals surface area contributed by atoms with Gasteiger partial charge in [0.1, 0.15) is 0 Å². The SMILES string of the molecule is Cc1n[nH]c2ccc(-c3cncc(NC(=O)C(N)Cc4ccccc4)c3)cc12. The van der Waals surface area contributed by atoms with Crippen molar-refractivity contribution in [3.05, 3.63) is 78.2 Å². The highest BCUT2D eigenvalue weighted by Crippen LogP contribution is 2.26. The average Bonchev–Trinajstić information content (AvgIpc) is 3.09. The van der Waals surface area contributed by atoms with E-state index in [1.54, 1.807) is 12.4 Å². The minimum atomic E-state index is -0.629. The molecule has 6 heteroatoms. The number of carbonyl (C=O) groups is 1. The summed E-state index contributed by atoms with van der Waals surface area (Å²) in [6.45, 7) is 1.96. The number of anilines is 1. The van der Waals surface area contributed by atoms with Crippen LogP contribution in [0.2, 0.25) is 0 Å². The van der Waals surface area contributed by atoms with Crippen molar-refractivity contribution in [1.29, 1.82) is 0 Å². The third kappa shape index (κ3) is 3.77. The fourth-order valence-electron chi connectivity index (χ4n) is 3.19. The molecule has 0 aliphatic carbocycles. The van der Waals surface area contributed by atoms with Gasteiger partial charge in [-0.3, -0.25) is 14.9 Å². The number of nitrogens with two attached hydrogens (primary N) is 1. The first-order valence-electron chi connectivity index (χ1n) is 9.10. The maximum absolute atomic E-state index is 12.5. The Labute approximate surface area is 162 Å². The number of aryl methyl sites for hydroxylation is 1. The summed E-state index contributed by atoms with van der Waals surface area (Å²) in [5.41, 5.74) is 11.6. The Balaban J connectivity index is 1.51. The van der Waals surface area contributed by atoms with Gasteiger partial charge in [-0.05, 0) is 42.7 Å². The number of benzene rings is 2. The van der Waals surface area contributed by atoms with Crippen LogP contribution in [0.25, 0.3) is 22.0 Å². The molecule has 0 aliphatic rings. The quantitative estimate of drug-likeness (QED) is 0.501. The molecule has 0 spiro atoms. The number of H-pyrrole nitrogens is 1. The molecule has 4 N–H and O–H groups in total. The number of carbonyl (C=O) groups excluding carboxylic acids is 1. The highest BCUT2D eigenvalue weighted by atomic mass is 16.2. The summed E-state index contributed by atoms with van der Waals surface area (Å²) in [6.07, 6.45) is 3.88. The van der Waals surface area contributed by atoms with E-state index in [1.807, 2.05) is 55.5 Å². The molecule has 4 aromatic rings. The number of nitrogens with zero attached hydrogens (tertiary/aromatic N) is 2. The lowest BCUT2D eigenvalue weighted by molar-refractivity contribution is -0.117. The molecule has 0 fully saturated rings. The van der Waals surface area contributed by atoms with E-state index in [-0.39, 0.29) is 5.91 Å². The normalized spacial score (nSPS) is 12.1. The van der Waals surface area contributed by atoms with Crippen molar-refractivity contribution in [2.75, 3.05) is 5.32 Å². The van der Waals surface area contributed by atoms with Crippen LogP contribution in [-0.2, 0) is 11.2 Å². The molecule has 0 radical (unpaired) electrons. The second-order valence-electron chi connectivity index (χ2n) is 6.82. The summed E-state index contributed by atoms with van der Waals surface area (Å²) in [5, 5.41) is 11.2. The standard InChI is InChI=1S/C22H21N5O/c1-14-19-11-16(7-8-21(19)27-26-14)17-10-18(13-24-12-17)25-22(28)20(23)9-15-5-3-2-4-6-15/h2-8,10-13,20H,9,23H2,1H3,(H,25,28)(H,26,27). The minimum absolute atomic E-state index is 0.232. The van der Waals surface area contributed by atoms with E-state index in [4.69, 9.17) is 5.73 Å². The van der Waals surface area contributed by atoms with Crippen LogP contribution in [0.5, 0.6) is 0 Å². The predicted molar refractivity (Wildman–Crippen MR) is 111 cm³/mol. The minimum Gasteiger partial charge on any atom is -0.323 e. The van der Waals surface area contributed by atoms with E-state index in [1.165, 1.54) is 0 Å². The van der Waals surface area contributed by atoms with E-state index < -0.39 is 6.04 Å². The van der Waals surface area contributed by atoms with Gasteiger partial charge in [0, 0.05) is 17.1 Å². The van der Waals surface area contributed by atoms with Gasteiger partial charge in [0.15, 0.2) is 0 Å². The molecule has 1 unspecified atom stereocenters. The van der Waals surface area contributed by atoms with Crippen LogP contribution in [0, 0.1) is 6.92 Å². The maximum atomic E-state index is 12.5. The van der Waals surface area contributed by atoms with Crippen LogP contribution in [-0.4, -0.2) is 27.1 Å². The zero-order chi connectivity index (χ0) is 19.5. The average molecular weight is 371 g/mol. The van der Waals surface area contributed by atoms with Crippen molar-refractivity contribution in [1.82, 2.24) is 15.2 Å². The third-order valence-corrected chi connectivity index (χ3v) is 4.73. The van der Waals surface area contributed by atoms with Gasteiger partial charge in [-0.2, -0.15) is 5.10 Å². The van der Waals surface area contributed by atoms with Gasteiger partial charge in [0.2, 0.25) is 5.91 Å². The number of rotatable bonds is 5. The topological polar surface area (TPSA) is 96.7 Å². The summed E-state index contributed by atoms with van der Waals surface area (Å²) in [4.78, 5) is 16.7. The molecule has 28 heavy (non-hydrogen) atoms. The molecule has 0 aliphatic heterocycles. The van der Waals surface area contributed by atoms with Gasteiger partial charge >= 0.3 is 0 Å². The highest BCUT2D eigenvalue weighted by molar-refractivity contribution is 5.95. The maximum Gasteiger partial charge on any atom is 0.241 e. The number of hydrogen-bond acceptors (Lipinski definition) is 4. The van der Waals surface area contributed by atoms with Crippen molar-refractivity contribution in [2.45, 2.75) is 19.4 Å². The Hall–Kier alpha value is -3.51. The van der Waals surface area contributed by atoms with Crippen molar-refractivity contribution in [2.24, 2.45) is 5.73 Å². The Morgan fingerprint density at radius 2 is 1.93 bits per heavy atom. The van der Waals surface area contributed by atoms with Crippen LogP contribution in [0.4, 0.5) is 5.69 Å². The molecular weight excluding hydrogens is 350 g/mol. The lowest BCUT2D eigenvalue weighted by Crippen LogP contribution is -2.37. The van der Waals surface area contributed by atoms with Gasteiger partial charge in [-0.15, -0.1) is 0 Å². The first-order valence-corrected chi connectivity index (χ1v) is 9.10. The zero-order valence-corrected chi connectivity index (χ0v) is 15.5. The fourth-order valence-corrected chi connectivity index (χ4v) is 3.19. The van der Waals surface area contributed by atoms with Gasteiger partial charge in [0.05, 0.1) is 29.1 Å². The Morgan fingerprint density at radius 3 is 2.75 bits per heavy atom. The molecule has 1 atom stereocenters. The number of hydrogen-bond donors (Lipinski definition) is 3. The summed E-state index contributed by atoms with van der Waals surface area (Å²) in [6, 6.07) is 17.1. The second kappa shape index (κ2) is 7.62. The Bertz CT molecular complexity index is 1120. The first-order chi connectivity index (χ1) is 13.6. The number of nitrogens with one attached hydrogen (secondary N) is 2. The van der Waals surface area contributed by atoms with Gasteiger partial charge in [0.25, 0.3) is 0 Å². The third-order valence-electron chi connectivity index (χ3n) is 4.73. The van der Waals surface area contributed by atoms with Crippen LogP contribution in [0.15, 0.2) is 67.0 Å². The second-order valence-corrected chi connectivity index (χ2v) is 6.82. The molecule has 2 aromatic heterocycles. The largest absolute Gasteiger partial charge is 0.323 e. The summed E-state index contributed by atoms with van der Waals surface area (Å²) >= 11 is 0. The molecule has 2 heterocycles. The van der Waals surface area contributed by atoms with Crippen LogP contribution >= 0.6 is 0 Å². The Morgan fingerprint density at radius 1 is 1.11 bits per heavy atom. The van der Waals surface area contributed by atoms with E-state index in [9.17, 15) is 4.79 Å². The molecule has 6 nitrogen and oxygen atoms in total. The van der Waals surface area contributed by atoms with Crippen molar-refractivity contribution in [3.8, 4) is 11.1 Å². The van der Waals surface area contributed by atoms with E-state index in [0.29, 0.717) is 12.1 Å². The molecule has 0 saturated heterocycles. The number of fused-ring (bicyclic) bond motifs is 1. The monoisotopic (exact) mass is 371 g/mol. The van der Waals surface area contributed by atoms with Gasteiger partial charge in [-0.25, -0.2) is 0 Å². The van der Waals surface area contributed by atoms with Crippen molar-refractivity contribution < 1.29 is 4.79 Å². The molecule has 0 bridgehead atoms. The van der Waals surface area contributed by atoms with E-state index in [2.05, 4.69) is 26.6 Å². The number of amides is 1. The highest BCUT2D eigenvalue weighted by Gasteiger charge is 2.15. The first kappa shape index (κ1) is 17.9. The van der Waals surface area contributed by atoms with Crippen molar-refractivity contribution in [3.63, 3.8) is 0 Å². The molecule has 2 aromatic carbocycles. The van der Waals surface area contributed by atoms with E-state index >= 15 is 0 Å². The molecular formula is C22H21N5O. The molecule has 4 rings (SSSR count). The van der Waals surface area contributed by atoms with Gasteiger partial charge < -0.3 is 11.1 Å². The molecule has 1 amide bonds. The number of aromatic nitrogens is 3. The van der Waals surface area contributed by atoms with Crippen molar-refractivity contribution >= 4 is 22.5 Å². The zero-order valence-electron chi connectivity index (χ0n) is 15.5. The lowest BCUT2D eigenvalue weighted by Gasteiger charge is -2.13. The van der Waals surface area contributed by atoms with Crippen LogP contribution in [0.1, 0.15) is 11.3 Å². The van der Waals surface area contributed by atoms with E-state index in [0.717, 1.165) is 33.3 Å². The molecule has 140 valence electrons. The predicted octanol–water partition coefficient (Wildman–Crippen LogP) is 3.44. The fraction of sp³-hybridized carbons (Fsp3) is 0.136. The molecule has 0 saturated carbocycles. The number of pyridine rings is 1. The summed E-state index contributed by atoms with van der Waals surface area (Å²) in [7, 11) is 0. The summed E-state index contributed by atoms with van der Waals surface area (Å²) < 4.78 is 0.